The molecule has 0 bridgehead atoms. The Hall–Kier alpha value is -3.58. The highest BCUT2D eigenvalue weighted by molar-refractivity contribution is 5.94. The number of nitrogens with one attached hydrogen (secondary N) is 1. The van der Waals surface area contributed by atoms with E-state index >= 15 is 0 Å². The minimum atomic E-state index is -0.126. The fourth-order valence-corrected chi connectivity index (χ4v) is 3.95. The number of likely N-dealkylation sites (tertiary alicyclic amines) is 1. The van der Waals surface area contributed by atoms with Gasteiger partial charge in [-0.2, -0.15) is 9.61 Å². The molecule has 1 N–H and O–H groups in total. The number of aromatic nitrogens is 4. The molecule has 4 aromatic rings. The summed E-state index contributed by atoms with van der Waals surface area (Å²) in [6.45, 7) is 2.75. The van der Waals surface area contributed by atoms with Crippen LogP contribution in [0.3, 0.4) is 0 Å². The molecule has 3 heterocycles. The van der Waals surface area contributed by atoms with Gasteiger partial charge < -0.3 is 5.32 Å². The third-order valence-corrected chi connectivity index (χ3v) is 5.43. The van der Waals surface area contributed by atoms with E-state index in [4.69, 9.17) is 0 Å². The lowest BCUT2D eigenvalue weighted by Gasteiger charge is -2.16. The molecule has 0 spiro atoms. The van der Waals surface area contributed by atoms with Crippen LogP contribution in [0.4, 0.5) is 0 Å². The van der Waals surface area contributed by atoms with Crippen LogP contribution in [0.1, 0.15) is 17.8 Å². The van der Waals surface area contributed by atoms with E-state index in [-0.39, 0.29) is 11.9 Å². The van der Waals surface area contributed by atoms with Gasteiger partial charge in [0, 0.05) is 42.5 Å². The molecule has 1 amide bonds. The number of carbonyl (C=O) groups excluding carboxylic acids is 1. The second-order valence-corrected chi connectivity index (χ2v) is 7.57. The molecule has 7 heteroatoms. The quantitative estimate of drug-likeness (QED) is 0.523. The van der Waals surface area contributed by atoms with Crippen molar-refractivity contribution in [3.05, 3.63) is 78.3 Å². The van der Waals surface area contributed by atoms with Crippen LogP contribution in [-0.4, -0.2) is 49.7 Å². The van der Waals surface area contributed by atoms with Crippen LogP contribution in [0.5, 0.6) is 0 Å². The molecule has 1 aliphatic heterocycles. The summed E-state index contributed by atoms with van der Waals surface area (Å²) >= 11 is 0. The van der Waals surface area contributed by atoms with Crippen molar-refractivity contribution in [2.24, 2.45) is 0 Å². The normalized spacial score (nSPS) is 17.3. The molecule has 1 saturated heterocycles. The predicted octanol–water partition coefficient (Wildman–Crippen LogP) is 2.68. The molecule has 0 saturated carbocycles. The number of benzene rings is 2. The minimum absolute atomic E-state index is 0.126. The average Bonchev–Trinajstić information content (AvgIpc) is 3.39. The van der Waals surface area contributed by atoms with E-state index in [1.807, 2.05) is 30.3 Å². The van der Waals surface area contributed by atoms with E-state index < -0.39 is 0 Å². The van der Waals surface area contributed by atoms with Crippen LogP contribution in [0.25, 0.3) is 22.5 Å². The smallest absolute Gasteiger partial charge is 0.244 e. The first-order valence-electron chi connectivity index (χ1n) is 10.1. The predicted molar refractivity (Wildman–Crippen MR) is 116 cm³/mol. The third kappa shape index (κ3) is 3.79. The summed E-state index contributed by atoms with van der Waals surface area (Å²) in [5, 5.41) is 17.9. The van der Waals surface area contributed by atoms with Crippen LogP contribution in [0.2, 0.25) is 0 Å². The third-order valence-electron chi connectivity index (χ3n) is 5.43. The van der Waals surface area contributed by atoms with E-state index in [0.29, 0.717) is 11.5 Å². The number of nitrogens with zero attached hydrogens (tertiary/aromatic N) is 5. The van der Waals surface area contributed by atoms with Gasteiger partial charge in [0.15, 0.2) is 11.5 Å². The van der Waals surface area contributed by atoms with Crippen LogP contribution < -0.4 is 5.32 Å². The number of carbonyl (C=O) groups is 1. The molecule has 1 fully saturated rings. The zero-order chi connectivity index (χ0) is 20.3. The highest BCUT2D eigenvalue weighted by atomic mass is 16.1. The lowest BCUT2D eigenvalue weighted by Crippen LogP contribution is -2.35. The lowest BCUT2D eigenvalue weighted by atomic mass is 10.2. The molecule has 5 rings (SSSR count). The van der Waals surface area contributed by atoms with Gasteiger partial charge in [-0.1, -0.05) is 54.6 Å². The molecule has 150 valence electrons. The van der Waals surface area contributed by atoms with Gasteiger partial charge in [-0.15, -0.1) is 10.2 Å². The van der Waals surface area contributed by atoms with Gasteiger partial charge in [-0.3, -0.25) is 9.69 Å². The van der Waals surface area contributed by atoms with Crippen molar-refractivity contribution in [3.63, 3.8) is 0 Å². The monoisotopic (exact) mass is 398 g/mol. The van der Waals surface area contributed by atoms with Crippen molar-refractivity contribution >= 4 is 28.4 Å². The minimum Gasteiger partial charge on any atom is -0.348 e. The van der Waals surface area contributed by atoms with E-state index in [2.05, 4.69) is 49.8 Å². The average molecular weight is 398 g/mol. The van der Waals surface area contributed by atoms with Crippen molar-refractivity contribution in [3.8, 4) is 0 Å². The number of hydrogen-bond acceptors (Lipinski definition) is 5. The van der Waals surface area contributed by atoms with Gasteiger partial charge >= 0.3 is 0 Å². The van der Waals surface area contributed by atoms with E-state index in [1.165, 1.54) is 11.6 Å². The largest absolute Gasteiger partial charge is 0.348 e. The Morgan fingerprint density at radius 2 is 1.93 bits per heavy atom. The van der Waals surface area contributed by atoms with Crippen molar-refractivity contribution in [1.29, 1.82) is 0 Å². The maximum atomic E-state index is 12.4. The van der Waals surface area contributed by atoms with Crippen LogP contribution in [0, 0.1) is 0 Å². The highest BCUT2D eigenvalue weighted by Gasteiger charge is 2.23. The van der Waals surface area contributed by atoms with Gasteiger partial charge in [0.1, 0.15) is 0 Å². The van der Waals surface area contributed by atoms with E-state index in [9.17, 15) is 4.79 Å². The summed E-state index contributed by atoms with van der Waals surface area (Å²) in [7, 11) is 0. The van der Waals surface area contributed by atoms with Crippen LogP contribution in [-0.2, 0) is 11.3 Å². The van der Waals surface area contributed by atoms with Crippen molar-refractivity contribution in [2.45, 2.75) is 19.0 Å². The van der Waals surface area contributed by atoms with Crippen molar-refractivity contribution in [2.75, 3.05) is 13.1 Å². The first-order chi connectivity index (χ1) is 14.8. The molecule has 2 aromatic heterocycles. The Balaban J connectivity index is 1.22. The zero-order valence-corrected chi connectivity index (χ0v) is 16.5. The number of amides is 1. The standard InChI is InChI=1S/C23H22N6O/c30-22(25-19-12-13-28(16-19)15-17-6-2-1-3-7-17)11-10-21-26-27-23-20-9-5-4-8-18(20)14-24-29(21)23/h1-11,14,19H,12-13,15-16H2,(H,25,30)/b11-10+/t19-/m1/s1. The Labute approximate surface area is 174 Å². The summed E-state index contributed by atoms with van der Waals surface area (Å²) in [6, 6.07) is 18.5. The molecule has 0 aliphatic carbocycles. The zero-order valence-electron chi connectivity index (χ0n) is 16.5. The van der Waals surface area contributed by atoms with Gasteiger partial charge in [0.25, 0.3) is 0 Å². The molecule has 0 radical (unpaired) electrons. The maximum absolute atomic E-state index is 12.4. The summed E-state index contributed by atoms with van der Waals surface area (Å²) in [4.78, 5) is 14.8. The van der Waals surface area contributed by atoms with Gasteiger partial charge in [0.2, 0.25) is 5.91 Å². The summed E-state index contributed by atoms with van der Waals surface area (Å²) in [5.41, 5.74) is 1.98. The van der Waals surface area contributed by atoms with Gasteiger partial charge in [-0.05, 0) is 18.1 Å². The molecule has 1 atom stereocenters. The highest BCUT2D eigenvalue weighted by Crippen LogP contribution is 2.18. The Kier molecular flexibility index (Phi) is 4.94. The lowest BCUT2D eigenvalue weighted by molar-refractivity contribution is -0.117. The molecular formula is C23H22N6O. The molecule has 30 heavy (non-hydrogen) atoms. The molecule has 1 aliphatic rings. The number of hydrogen-bond donors (Lipinski definition) is 1. The maximum Gasteiger partial charge on any atom is 0.244 e. The Morgan fingerprint density at radius 1 is 1.10 bits per heavy atom. The fourth-order valence-electron chi connectivity index (χ4n) is 3.95. The second kappa shape index (κ2) is 8.04. The fraction of sp³-hybridized carbons (Fsp3) is 0.217. The number of rotatable bonds is 5. The van der Waals surface area contributed by atoms with E-state index in [0.717, 1.165) is 36.8 Å². The van der Waals surface area contributed by atoms with Gasteiger partial charge in [-0.25, -0.2) is 0 Å². The Morgan fingerprint density at radius 3 is 2.83 bits per heavy atom. The second-order valence-electron chi connectivity index (χ2n) is 7.57. The van der Waals surface area contributed by atoms with E-state index in [1.54, 1.807) is 16.8 Å². The van der Waals surface area contributed by atoms with Crippen molar-refractivity contribution in [1.82, 2.24) is 30.0 Å². The summed E-state index contributed by atoms with van der Waals surface area (Å²) in [5.74, 6) is 0.405. The first kappa shape index (κ1) is 18.4. The van der Waals surface area contributed by atoms with Crippen LogP contribution in [0.15, 0.2) is 66.9 Å². The first-order valence-corrected chi connectivity index (χ1v) is 10.1. The van der Waals surface area contributed by atoms with Gasteiger partial charge in [0.05, 0.1) is 6.20 Å². The summed E-state index contributed by atoms with van der Waals surface area (Å²) < 4.78 is 1.66. The molecular weight excluding hydrogens is 376 g/mol. The SMILES string of the molecule is O=C(/C=C/c1nnc2c3ccccc3cnn12)N[C@@H]1CCN(Cc2ccccc2)C1. The molecule has 0 unspecified atom stereocenters. The topological polar surface area (TPSA) is 75.4 Å². The molecule has 7 nitrogen and oxygen atoms in total. The number of fused-ring (bicyclic) bond motifs is 3. The van der Waals surface area contributed by atoms with Crippen molar-refractivity contribution < 1.29 is 4.79 Å². The molecule has 2 aromatic carbocycles. The van der Waals surface area contributed by atoms with Crippen LogP contribution >= 0.6 is 0 Å². The summed E-state index contributed by atoms with van der Waals surface area (Å²) in [6.07, 6.45) is 5.90. The Bertz CT molecular complexity index is 1220.